The van der Waals surface area contributed by atoms with Crippen molar-refractivity contribution in [3.63, 3.8) is 0 Å². The van der Waals surface area contributed by atoms with Crippen LogP contribution in [0.5, 0.6) is 0 Å². The summed E-state index contributed by atoms with van der Waals surface area (Å²) in [6.45, 7) is 7.68. The van der Waals surface area contributed by atoms with E-state index in [1.54, 1.807) is 0 Å². The molecule has 0 saturated heterocycles. The van der Waals surface area contributed by atoms with Crippen LogP contribution in [0.1, 0.15) is 38.8 Å². The van der Waals surface area contributed by atoms with E-state index in [1.165, 1.54) is 6.07 Å². The van der Waals surface area contributed by atoms with Gasteiger partial charge in [-0.1, -0.05) is 35.8 Å². The van der Waals surface area contributed by atoms with Crippen LogP contribution in [-0.4, -0.2) is 24.0 Å². The molecule has 1 aromatic carbocycles. The summed E-state index contributed by atoms with van der Waals surface area (Å²) in [4.78, 5) is 2.26. The molecule has 0 aliphatic carbocycles. The minimum Gasteiger partial charge on any atom is -0.329 e. The molecule has 18 heavy (non-hydrogen) atoms. The molecule has 0 heterocycles. The molecule has 2 atom stereocenters. The first kappa shape index (κ1) is 15.6. The molecule has 0 aliphatic heterocycles. The maximum absolute atomic E-state index is 14.0. The van der Waals surface area contributed by atoms with Crippen LogP contribution in [0.25, 0.3) is 0 Å². The zero-order valence-corrected chi connectivity index (χ0v) is 12.9. The molecule has 4 heteroatoms. The standard InChI is InChI=1S/C14H22BrFN2/c1-4-10(3)18(5-2)14(9-17)12-7-6-11(15)8-13(12)16/h6-8,10,14H,4-5,9,17H2,1-3H3. The highest BCUT2D eigenvalue weighted by molar-refractivity contribution is 9.10. The van der Waals surface area contributed by atoms with Gasteiger partial charge in [-0.25, -0.2) is 4.39 Å². The van der Waals surface area contributed by atoms with Crippen molar-refractivity contribution in [3.8, 4) is 0 Å². The highest BCUT2D eigenvalue weighted by Gasteiger charge is 2.24. The molecular formula is C14H22BrFN2. The van der Waals surface area contributed by atoms with Gasteiger partial charge in [0.15, 0.2) is 0 Å². The first-order valence-electron chi connectivity index (χ1n) is 6.45. The van der Waals surface area contributed by atoms with Gasteiger partial charge in [0.25, 0.3) is 0 Å². The quantitative estimate of drug-likeness (QED) is 0.867. The number of rotatable bonds is 6. The van der Waals surface area contributed by atoms with Gasteiger partial charge in [0.2, 0.25) is 0 Å². The molecule has 0 aliphatic rings. The van der Waals surface area contributed by atoms with Crippen LogP contribution in [0.15, 0.2) is 22.7 Å². The first-order valence-corrected chi connectivity index (χ1v) is 7.25. The Balaban J connectivity index is 3.07. The van der Waals surface area contributed by atoms with E-state index in [4.69, 9.17) is 5.73 Å². The average molecular weight is 317 g/mol. The number of benzene rings is 1. The Kier molecular flexibility index (Phi) is 6.26. The summed E-state index contributed by atoms with van der Waals surface area (Å²) in [6, 6.07) is 5.53. The van der Waals surface area contributed by atoms with Crippen LogP contribution in [0.3, 0.4) is 0 Å². The van der Waals surface area contributed by atoms with E-state index in [2.05, 4.69) is 41.6 Å². The van der Waals surface area contributed by atoms with Gasteiger partial charge >= 0.3 is 0 Å². The SMILES string of the molecule is CCC(C)N(CC)C(CN)c1ccc(Br)cc1F. The summed E-state index contributed by atoms with van der Waals surface area (Å²) < 4.78 is 14.8. The second kappa shape index (κ2) is 7.22. The fourth-order valence-corrected chi connectivity index (χ4v) is 2.62. The van der Waals surface area contributed by atoms with Crippen molar-refractivity contribution in [1.82, 2.24) is 4.90 Å². The molecule has 0 amide bonds. The zero-order valence-electron chi connectivity index (χ0n) is 11.3. The summed E-state index contributed by atoms with van der Waals surface area (Å²) in [5.41, 5.74) is 6.54. The minimum atomic E-state index is -0.193. The number of likely N-dealkylation sites (N-methyl/N-ethyl adjacent to an activating group) is 1. The van der Waals surface area contributed by atoms with Gasteiger partial charge in [-0.05, 0) is 32.0 Å². The van der Waals surface area contributed by atoms with Crippen molar-refractivity contribution in [2.75, 3.05) is 13.1 Å². The van der Waals surface area contributed by atoms with Crippen LogP contribution in [-0.2, 0) is 0 Å². The van der Waals surface area contributed by atoms with E-state index in [-0.39, 0.29) is 11.9 Å². The molecule has 102 valence electrons. The molecule has 2 unspecified atom stereocenters. The molecule has 1 rings (SSSR count). The van der Waals surface area contributed by atoms with E-state index < -0.39 is 0 Å². The Morgan fingerprint density at radius 1 is 1.39 bits per heavy atom. The number of nitrogens with zero attached hydrogens (tertiary/aromatic N) is 1. The van der Waals surface area contributed by atoms with Crippen LogP contribution in [0.4, 0.5) is 4.39 Å². The summed E-state index contributed by atoms with van der Waals surface area (Å²) in [6.07, 6.45) is 1.03. The van der Waals surface area contributed by atoms with E-state index in [9.17, 15) is 4.39 Å². The fourth-order valence-electron chi connectivity index (χ4n) is 2.29. The van der Waals surface area contributed by atoms with Crippen molar-refractivity contribution in [1.29, 1.82) is 0 Å². The predicted octanol–water partition coefficient (Wildman–Crippen LogP) is 3.71. The third-order valence-electron chi connectivity index (χ3n) is 3.47. The van der Waals surface area contributed by atoms with Gasteiger partial charge in [-0.3, -0.25) is 4.90 Å². The van der Waals surface area contributed by atoms with Crippen LogP contribution in [0.2, 0.25) is 0 Å². The molecule has 0 spiro atoms. The highest BCUT2D eigenvalue weighted by Crippen LogP contribution is 2.27. The van der Waals surface area contributed by atoms with Gasteiger partial charge in [0, 0.05) is 22.6 Å². The molecular weight excluding hydrogens is 295 g/mol. The number of hydrogen-bond acceptors (Lipinski definition) is 2. The molecule has 0 radical (unpaired) electrons. The van der Waals surface area contributed by atoms with Gasteiger partial charge in [-0.15, -0.1) is 0 Å². The lowest BCUT2D eigenvalue weighted by atomic mass is 10.0. The molecule has 2 nitrogen and oxygen atoms in total. The van der Waals surface area contributed by atoms with Crippen LogP contribution in [0, 0.1) is 5.82 Å². The number of nitrogens with two attached hydrogens (primary N) is 1. The predicted molar refractivity (Wildman–Crippen MR) is 78.0 cm³/mol. The van der Waals surface area contributed by atoms with Gasteiger partial charge in [0.1, 0.15) is 5.82 Å². The molecule has 1 aromatic rings. The number of halogens is 2. The van der Waals surface area contributed by atoms with Crippen molar-refractivity contribution < 1.29 is 4.39 Å². The summed E-state index contributed by atoms with van der Waals surface area (Å²) in [5.74, 6) is -0.193. The van der Waals surface area contributed by atoms with E-state index in [0.717, 1.165) is 17.4 Å². The first-order chi connectivity index (χ1) is 8.54. The highest BCUT2D eigenvalue weighted by atomic mass is 79.9. The normalized spacial score (nSPS) is 14.8. The monoisotopic (exact) mass is 316 g/mol. The zero-order chi connectivity index (χ0) is 13.7. The van der Waals surface area contributed by atoms with E-state index in [1.807, 2.05) is 12.1 Å². The maximum atomic E-state index is 14.0. The Bertz CT molecular complexity index is 384. The molecule has 0 aromatic heterocycles. The Morgan fingerprint density at radius 3 is 2.50 bits per heavy atom. The third kappa shape index (κ3) is 3.53. The second-order valence-corrected chi connectivity index (χ2v) is 5.42. The van der Waals surface area contributed by atoms with E-state index in [0.29, 0.717) is 18.2 Å². The molecule has 0 saturated carbocycles. The summed E-state index contributed by atoms with van der Waals surface area (Å²) in [5, 5.41) is 0. The lowest BCUT2D eigenvalue weighted by Crippen LogP contribution is -2.40. The molecule has 0 bridgehead atoms. The van der Waals surface area contributed by atoms with E-state index >= 15 is 0 Å². The topological polar surface area (TPSA) is 29.3 Å². The van der Waals surface area contributed by atoms with Crippen molar-refractivity contribution in [2.45, 2.75) is 39.3 Å². The summed E-state index contributed by atoms with van der Waals surface area (Å²) >= 11 is 3.28. The van der Waals surface area contributed by atoms with Crippen molar-refractivity contribution in [2.24, 2.45) is 5.73 Å². The molecule has 0 fully saturated rings. The van der Waals surface area contributed by atoms with Crippen molar-refractivity contribution >= 4 is 15.9 Å². The Labute approximate surface area is 117 Å². The molecule has 2 N–H and O–H groups in total. The van der Waals surface area contributed by atoms with Crippen LogP contribution >= 0.6 is 15.9 Å². The smallest absolute Gasteiger partial charge is 0.129 e. The largest absolute Gasteiger partial charge is 0.329 e. The number of hydrogen-bond donors (Lipinski definition) is 1. The minimum absolute atomic E-state index is 0.0574. The van der Waals surface area contributed by atoms with Crippen molar-refractivity contribution in [3.05, 3.63) is 34.1 Å². The lowest BCUT2D eigenvalue weighted by molar-refractivity contribution is 0.149. The van der Waals surface area contributed by atoms with Gasteiger partial charge < -0.3 is 5.73 Å². The Hall–Kier alpha value is -0.450. The van der Waals surface area contributed by atoms with Gasteiger partial charge in [0.05, 0.1) is 6.04 Å². The Morgan fingerprint density at radius 2 is 2.06 bits per heavy atom. The second-order valence-electron chi connectivity index (χ2n) is 4.51. The third-order valence-corrected chi connectivity index (χ3v) is 3.96. The van der Waals surface area contributed by atoms with Gasteiger partial charge in [-0.2, -0.15) is 0 Å². The average Bonchev–Trinajstić information content (AvgIpc) is 2.36. The summed E-state index contributed by atoms with van der Waals surface area (Å²) in [7, 11) is 0. The van der Waals surface area contributed by atoms with Crippen LogP contribution < -0.4 is 5.73 Å². The lowest BCUT2D eigenvalue weighted by Gasteiger charge is -2.35. The fraction of sp³-hybridized carbons (Fsp3) is 0.571. The maximum Gasteiger partial charge on any atom is 0.129 e.